The molecule has 0 amide bonds. The van der Waals surface area contributed by atoms with Gasteiger partial charge in [-0.1, -0.05) is 6.92 Å². The number of anilines is 1. The van der Waals surface area contributed by atoms with Gasteiger partial charge in [0.1, 0.15) is 4.47 Å². The van der Waals surface area contributed by atoms with E-state index in [0.29, 0.717) is 4.47 Å². The Balaban J connectivity index is 2.25. The third-order valence-electron chi connectivity index (χ3n) is 2.73. The lowest BCUT2D eigenvalue weighted by atomic mass is 10.2. The summed E-state index contributed by atoms with van der Waals surface area (Å²) >= 11 is 3.24. The molecule has 2 N–H and O–H groups in total. The average molecular weight is 258 g/mol. The van der Waals surface area contributed by atoms with Gasteiger partial charge in [0.25, 0.3) is 5.56 Å². The van der Waals surface area contributed by atoms with Crippen molar-refractivity contribution in [2.45, 2.75) is 31.7 Å². The number of aromatic nitrogens is 2. The SMILES string of the molecule is CCC1(Nc2cn[nH]c(=O)c2Br)CC1. The average Bonchev–Trinajstić information content (AvgIpc) is 2.94. The summed E-state index contributed by atoms with van der Waals surface area (Å²) in [6.07, 6.45) is 5.05. The van der Waals surface area contributed by atoms with Crippen LogP contribution in [0.1, 0.15) is 26.2 Å². The maximum absolute atomic E-state index is 11.2. The zero-order valence-corrected chi connectivity index (χ0v) is 9.52. The minimum absolute atomic E-state index is 0.193. The van der Waals surface area contributed by atoms with Gasteiger partial charge < -0.3 is 5.32 Å². The Labute approximate surface area is 90.2 Å². The van der Waals surface area contributed by atoms with Gasteiger partial charge in [0.15, 0.2) is 0 Å². The quantitative estimate of drug-likeness (QED) is 0.870. The van der Waals surface area contributed by atoms with Crippen LogP contribution in [0.25, 0.3) is 0 Å². The summed E-state index contributed by atoms with van der Waals surface area (Å²) in [6.45, 7) is 2.15. The Morgan fingerprint density at radius 3 is 3.00 bits per heavy atom. The predicted molar refractivity (Wildman–Crippen MR) is 58.4 cm³/mol. The highest BCUT2D eigenvalue weighted by atomic mass is 79.9. The lowest BCUT2D eigenvalue weighted by Gasteiger charge is -2.16. The highest BCUT2D eigenvalue weighted by molar-refractivity contribution is 9.10. The summed E-state index contributed by atoms with van der Waals surface area (Å²) in [5.41, 5.74) is 0.799. The second-order valence-electron chi connectivity index (χ2n) is 3.69. The van der Waals surface area contributed by atoms with Crippen molar-refractivity contribution in [1.29, 1.82) is 0 Å². The number of H-pyrrole nitrogens is 1. The van der Waals surface area contributed by atoms with Gasteiger partial charge in [0, 0.05) is 5.54 Å². The van der Waals surface area contributed by atoms with E-state index in [1.165, 1.54) is 12.8 Å². The summed E-state index contributed by atoms with van der Waals surface area (Å²) in [5, 5.41) is 9.49. The summed E-state index contributed by atoms with van der Waals surface area (Å²) in [5.74, 6) is 0. The molecule has 0 atom stereocenters. The molecule has 1 aliphatic rings. The first-order chi connectivity index (χ1) is 6.67. The zero-order valence-electron chi connectivity index (χ0n) is 7.93. The molecule has 5 heteroatoms. The van der Waals surface area contributed by atoms with E-state index in [1.807, 2.05) is 0 Å². The van der Waals surface area contributed by atoms with Gasteiger partial charge in [0.05, 0.1) is 11.9 Å². The Morgan fingerprint density at radius 1 is 1.71 bits per heavy atom. The van der Waals surface area contributed by atoms with Crippen molar-refractivity contribution >= 4 is 21.6 Å². The molecule has 2 rings (SSSR count). The van der Waals surface area contributed by atoms with E-state index in [1.54, 1.807) is 6.20 Å². The van der Waals surface area contributed by atoms with Gasteiger partial charge in [-0.15, -0.1) is 0 Å². The fourth-order valence-corrected chi connectivity index (χ4v) is 1.76. The molecule has 14 heavy (non-hydrogen) atoms. The zero-order chi connectivity index (χ0) is 10.2. The van der Waals surface area contributed by atoms with E-state index in [4.69, 9.17) is 0 Å². The lowest BCUT2D eigenvalue weighted by molar-refractivity contribution is 0.699. The van der Waals surface area contributed by atoms with Crippen LogP contribution in [0.5, 0.6) is 0 Å². The van der Waals surface area contributed by atoms with Crippen molar-refractivity contribution in [3.05, 3.63) is 21.0 Å². The molecule has 0 unspecified atom stereocenters. The van der Waals surface area contributed by atoms with E-state index in [9.17, 15) is 4.79 Å². The van der Waals surface area contributed by atoms with Crippen molar-refractivity contribution in [1.82, 2.24) is 10.2 Å². The summed E-state index contributed by atoms with van der Waals surface area (Å²) in [7, 11) is 0. The van der Waals surface area contributed by atoms with Gasteiger partial charge in [0.2, 0.25) is 0 Å². The second-order valence-corrected chi connectivity index (χ2v) is 4.48. The van der Waals surface area contributed by atoms with Crippen LogP contribution in [0.15, 0.2) is 15.5 Å². The van der Waals surface area contributed by atoms with E-state index < -0.39 is 0 Å². The van der Waals surface area contributed by atoms with E-state index in [0.717, 1.165) is 12.1 Å². The monoisotopic (exact) mass is 257 g/mol. The maximum atomic E-state index is 11.2. The topological polar surface area (TPSA) is 57.8 Å². The molecule has 1 saturated carbocycles. The molecular formula is C9H12BrN3O. The van der Waals surface area contributed by atoms with Crippen molar-refractivity contribution < 1.29 is 0 Å². The predicted octanol–water partition coefficient (Wildman–Crippen LogP) is 1.89. The highest BCUT2D eigenvalue weighted by Crippen LogP contribution is 2.42. The van der Waals surface area contributed by atoms with Crippen LogP contribution in [-0.2, 0) is 0 Å². The number of hydrogen-bond donors (Lipinski definition) is 2. The molecule has 1 heterocycles. The van der Waals surface area contributed by atoms with Crippen molar-refractivity contribution in [3.63, 3.8) is 0 Å². The molecule has 76 valence electrons. The third-order valence-corrected chi connectivity index (χ3v) is 3.51. The van der Waals surface area contributed by atoms with Crippen LogP contribution >= 0.6 is 15.9 Å². The highest BCUT2D eigenvalue weighted by Gasteiger charge is 2.41. The smallest absolute Gasteiger partial charge is 0.280 e. The summed E-state index contributed by atoms with van der Waals surface area (Å²) < 4.78 is 0.534. The largest absolute Gasteiger partial charge is 0.377 e. The van der Waals surface area contributed by atoms with Gasteiger partial charge in [-0.3, -0.25) is 4.79 Å². The van der Waals surface area contributed by atoms with Gasteiger partial charge in [-0.05, 0) is 35.2 Å². The molecular weight excluding hydrogens is 246 g/mol. The van der Waals surface area contributed by atoms with Crippen LogP contribution in [-0.4, -0.2) is 15.7 Å². The third kappa shape index (κ3) is 1.68. The van der Waals surface area contributed by atoms with E-state index in [-0.39, 0.29) is 11.1 Å². The van der Waals surface area contributed by atoms with Crippen LogP contribution in [0.2, 0.25) is 0 Å². The molecule has 0 saturated heterocycles. The number of aromatic amines is 1. The lowest BCUT2D eigenvalue weighted by Crippen LogP contribution is -2.22. The molecule has 0 aliphatic heterocycles. The van der Waals surface area contributed by atoms with Crippen molar-refractivity contribution in [2.24, 2.45) is 0 Å². The first-order valence-electron chi connectivity index (χ1n) is 4.68. The van der Waals surface area contributed by atoms with E-state index >= 15 is 0 Å². The fraction of sp³-hybridized carbons (Fsp3) is 0.556. The molecule has 0 bridgehead atoms. The Kier molecular flexibility index (Phi) is 2.34. The molecule has 0 spiro atoms. The summed E-state index contributed by atoms with van der Waals surface area (Å²) in [6, 6.07) is 0. The fourth-order valence-electron chi connectivity index (χ4n) is 1.47. The number of halogens is 1. The standard InChI is InChI=1S/C9H12BrN3O/c1-2-9(3-4-9)12-6-5-11-13-8(14)7(6)10/h5H,2-4H2,1H3,(H2,12,13,14). The minimum atomic E-state index is -0.193. The van der Waals surface area contributed by atoms with Crippen LogP contribution in [0.4, 0.5) is 5.69 Å². The number of rotatable bonds is 3. The van der Waals surface area contributed by atoms with E-state index in [2.05, 4.69) is 38.4 Å². The van der Waals surface area contributed by atoms with Crippen LogP contribution in [0.3, 0.4) is 0 Å². The minimum Gasteiger partial charge on any atom is -0.377 e. The molecule has 1 aromatic rings. The normalized spacial score (nSPS) is 17.9. The molecule has 4 nitrogen and oxygen atoms in total. The van der Waals surface area contributed by atoms with Gasteiger partial charge in [-0.2, -0.15) is 5.10 Å². The van der Waals surface area contributed by atoms with Crippen LogP contribution < -0.4 is 10.9 Å². The Hall–Kier alpha value is -0.840. The first-order valence-corrected chi connectivity index (χ1v) is 5.47. The number of hydrogen-bond acceptors (Lipinski definition) is 3. The number of nitrogens with one attached hydrogen (secondary N) is 2. The molecule has 0 aromatic carbocycles. The molecule has 1 fully saturated rings. The molecule has 0 radical (unpaired) electrons. The molecule has 1 aliphatic carbocycles. The van der Waals surface area contributed by atoms with Gasteiger partial charge >= 0.3 is 0 Å². The second kappa shape index (κ2) is 3.38. The Bertz CT molecular complexity index is 397. The maximum Gasteiger partial charge on any atom is 0.280 e. The Morgan fingerprint density at radius 2 is 2.43 bits per heavy atom. The molecule has 1 aromatic heterocycles. The van der Waals surface area contributed by atoms with Crippen molar-refractivity contribution in [2.75, 3.05) is 5.32 Å². The van der Waals surface area contributed by atoms with Crippen molar-refractivity contribution in [3.8, 4) is 0 Å². The van der Waals surface area contributed by atoms with Crippen LogP contribution in [0, 0.1) is 0 Å². The number of nitrogens with zero attached hydrogens (tertiary/aromatic N) is 1. The van der Waals surface area contributed by atoms with Gasteiger partial charge in [-0.25, -0.2) is 5.10 Å². The summed E-state index contributed by atoms with van der Waals surface area (Å²) in [4.78, 5) is 11.2. The first kappa shape index (κ1) is 9.71.